The van der Waals surface area contributed by atoms with E-state index in [1.165, 1.54) is 11.3 Å². The van der Waals surface area contributed by atoms with Gasteiger partial charge in [0.25, 0.3) is 5.91 Å². The highest BCUT2D eigenvalue weighted by Crippen LogP contribution is 2.30. The van der Waals surface area contributed by atoms with Gasteiger partial charge >= 0.3 is 0 Å². The Morgan fingerprint density at radius 3 is 3.00 bits per heavy atom. The van der Waals surface area contributed by atoms with E-state index in [2.05, 4.69) is 15.0 Å². The van der Waals surface area contributed by atoms with E-state index in [9.17, 15) is 4.79 Å². The van der Waals surface area contributed by atoms with Crippen molar-refractivity contribution in [3.8, 4) is 10.6 Å². The van der Waals surface area contributed by atoms with Gasteiger partial charge in [-0.25, -0.2) is 4.98 Å². The molecule has 4 heterocycles. The molecule has 6 nitrogen and oxygen atoms in total. The van der Waals surface area contributed by atoms with Crippen LogP contribution in [0.4, 0.5) is 0 Å². The number of thiazole rings is 1. The number of carbonyl (C=O) groups is 1. The summed E-state index contributed by atoms with van der Waals surface area (Å²) < 4.78 is 6.07. The number of aromatic nitrogens is 3. The molecule has 1 amide bonds. The van der Waals surface area contributed by atoms with Gasteiger partial charge in [0.15, 0.2) is 5.89 Å². The van der Waals surface area contributed by atoms with Crippen molar-refractivity contribution in [2.45, 2.75) is 25.2 Å². The van der Waals surface area contributed by atoms with Crippen LogP contribution in [0.5, 0.6) is 0 Å². The SMILES string of the molecule is O=C(c1cccnc1-c1cncs1)N1CCCC(c2ncc(Cc3cccc(Cl)c3)o2)C1. The predicted molar refractivity (Wildman–Crippen MR) is 124 cm³/mol. The Morgan fingerprint density at radius 2 is 2.16 bits per heavy atom. The Hall–Kier alpha value is -3.03. The van der Waals surface area contributed by atoms with Gasteiger partial charge in [-0.3, -0.25) is 14.8 Å². The lowest BCUT2D eigenvalue weighted by Crippen LogP contribution is -2.39. The molecule has 0 bridgehead atoms. The molecule has 0 saturated carbocycles. The summed E-state index contributed by atoms with van der Waals surface area (Å²) in [6, 6.07) is 11.4. The molecular formula is C24H21ClN4O2S. The molecule has 1 unspecified atom stereocenters. The van der Waals surface area contributed by atoms with Crippen molar-refractivity contribution in [2.24, 2.45) is 0 Å². The summed E-state index contributed by atoms with van der Waals surface area (Å²) in [6.45, 7) is 1.29. The Kier molecular flexibility index (Phi) is 6.01. The number of amides is 1. The highest BCUT2D eigenvalue weighted by molar-refractivity contribution is 7.13. The Balaban J connectivity index is 1.31. The Morgan fingerprint density at radius 1 is 1.22 bits per heavy atom. The zero-order valence-corrected chi connectivity index (χ0v) is 18.9. The van der Waals surface area contributed by atoms with Crippen LogP contribution in [0.1, 0.15) is 46.3 Å². The fourth-order valence-electron chi connectivity index (χ4n) is 4.08. The monoisotopic (exact) mass is 464 g/mol. The van der Waals surface area contributed by atoms with Gasteiger partial charge < -0.3 is 9.32 Å². The van der Waals surface area contributed by atoms with Crippen molar-refractivity contribution in [3.05, 3.63) is 88.3 Å². The molecule has 1 aliphatic heterocycles. The number of piperidine rings is 1. The third-order valence-corrected chi connectivity index (χ3v) is 6.62. The number of benzene rings is 1. The van der Waals surface area contributed by atoms with Crippen LogP contribution >= 0.6 is 22.9 Å². The van der Waals surface area contributed by atoms with E-state index in [-0.39, 0.29) is 11.8 Å². The number of nitrogens with zero attached hydrogens (tertiary/aromatic N) is 4. The van der Waals surface area contributed by atoms with Crippen LogP contribution in [0.25, 0.3) is 10.6 Å². The molecule has 0 spiro atoms. The number of likely N-dealkylation sites (tertiary alicyclic amines) is 1. The first kappa shape index (κ1) is 20.8. The van der Waals surface area contributed by atoms with E-state index in [0.717, 1.165) is 29.0 Å². The number of oxazole rings is 1. The van der Waals surface area contributed by atoms with E-state index in [4.69, 9.17) is 16.0 Å². The largest absolute Gasteiger partial charge is 0.445 e. The summed E-state index contributed by atoms with van der Waals surface area (Å²) in [5.41, 5.74) is 4.11. The van der Waals surface area contributed by atoms with Gasteiger partial charge in [0.1, 0.15) is 5.76 Å². The number of pyridine rings is 1. The van der Waals surface area contributed by atoms with Gasteiger partial charge in [-0.15, -0.1) is 11.3 Å². The van der Waals surface area contributed by atoms with Crippen LogP contribution in [-0.2, 0) is 6.42 Å². The van der Waals surface area contributed by atoms with Gasteiger partial charge in [0, 0.05) is 36.9 Å². The maximum atomic E-state index is 13.4. The minimum absolute atomic E-state index is 0.0168. The van der Waals surface area contributed by atoms with Gasteiger partial charge in [-0.05, 0) is 42.7 Å². The van der Waals surface area contributed by atoms with Gasteiger partial charge in [0.05, 0.1) is 33.8 Å². The van der Waals surface area contributed by atoms with Crippen LogP contribution in [0.15, 0.2) is 64.9 Å². The minimum atomic E-state index is -0.0168. The molecule has 1 saturated heterocycles. The second kappa shape index (κ2) is 9.22. The van der Waals surface area contributed by atoms with E-state index in [1.54, 1.807) is 30.2 Å². The van der Waals surface area contributed by atoms with Crippen molar-refractivity contribution in [1.82, 2.24) is 19.9 Å². The molecule has 0 aliphatic carbocycles. The topological polar surface area (TPSA) is 72.1 Å². The lowest BCUT2D eigenvalue weighted by atomic mass is 9.97. The first-order chi connectivity index (χ1) is 15.7. The van der Waals surface area contributed by atoms with Crippen LogP contribution in [-0.4, -0.2) is 38.8 Å². The van der Waals surface area contributed by atoms with Gasteiger partial charge in [0.2, 0.25) is 0 Å². The van der Waals surface area contributed by atoms with Crippen molar-refractivity contribution >= 4 is 28.8 Å². The molecule has 3 aromatic heterocycles. The van der Waals surface area contributed by atoms with Crippen molar-refractivity contribution in [1.29, 1.82) is 0 Å². The molecule has 4 aromatic rings. The first-order valence-electron chi connectivity index (χ1n) is 10.5. The average molecular weight is 465 g/mol. The van der Waals surface area contributed by atoms with Crippen LogP contribution in [0.3, 0.4) is 0 Å². The molecule has 1 fully saturated rings. The first-order valence-corrected chi connectivity index (χ1v) is 11.8. The quantitative estimate of drug-likeness (QED) is 0.392. The van der Waals surface area contributed by atoms with Crippen molar-refractivity contribution in [3.63, 3.8) is 0 Å². The number of hydrogen-bond acceptors (Lipinski definition) is 6. The van der Waals surface area contributed by atoms with Gasteiger partial charge in [-0.1, -0.05) is 23.7 Å². The highest BCUT2D eigenvalue weighted by Gasteiger charge is 2.30. The number of halogens is 1. The Labute approximate surface area is 194 Å². The fraction of sp³-hybridized carbons (Fsp3) is 0.250. The smallest absolute Gasteiger partial charge is 0.256 e. The summed E-state index contributed by atoms with van der Waals surface area (Å²) in [4.78, 5) is 29.3. The molecule has 32 heavy (non-hydrogen) atoms. The van der Waals surface area contributed by atoms with Crippen LogP contribution in [0.2, 0.25) is 5.02 Å². The lowest BCUT2D eigenvalue weighted by Gasteiger charge is -2.31. The average Bonchev–Trinajstić information content (AvgIpc) is 3.51. The highest BCUT2D eigenvalue weighted by atomic mass is 35.5. The van der Waals surface area contributed by atoms with Gasteiger partial charge in [-0.2, -0.15) is 0 Å². The van der Waals surface area contributed by atoms with Crippen LogP contribution < -0.4 is 0 Å². The number of hydrogen-bond donors (Lipinski definition) is 0. The second-order valence-electron chi connectivity index (χ2n) is 7.83. The standard InChI is InChI=1S/C24H21ClN4O2S/c25-18-6-1-4-16(10-18)11-19-12-28-23(31-19)17-5-3-9-29(14-17)24(30)20-7-2-8-27-22(20)21-13-26-15-32-21/h1-2,4,6-8,10,12-13,15,17H,3,5,9,11,14H2. The molecule has 162 valence electrons. The predicted octanol–water partition coefficient (Wildman–Crippen LogP) is 5.46. The zero-order chi connectivity index (χ0) is 21.9. The molecule has 1 atom stereocenters. The summed E-state index contributed by atoms with van der Waals surface area (Å²) >= 11 is 7.57. The number of rotatable bonds is 5. The van der Waals surface area contributed by atoms with Crippen molar-refractivity contribution in [2.75, 3.05) is 13.1 Å². The molecule has 1 aliphatic rings. The van der Waals surface area contributed by atoms with Crippen LogP contribution in [0, 0.1) is 0 Å². The molecule has 0 radical (unpaired) electrons. The fourth-order valence-corrected chi connectivity index (χ4v) is 4.93. The molecule has 0 N–H and O–H groups in total. The normalized spacial score (nSPS) is 16.3. The molecule has 1 aromatic carbocycles. The third-order valence-electron chi connectivity index (χ3n) is 5.60. The van der Waals surface area contributed by atoms with E-state index < -0.39 is 0 Å². The van der Waals surface area contributed by atoms with Crippen molar-refractivity contribution < 1.29 is 9.21 Å². The second-order valence-corrected chi connectivity index (χ2v) is 9.15. The van der Waals surface area contributed by atoms with E-state index in [1.807, 2.05) is 35.2 Å². The molecule has 5 rings (SSSR count). The zero-order valence-electron chi connectivity index (χ0n) is 17.3. The maximum absolute atomic E-state index is 13.4. The summed E-state index contributed by atoms with van der Waals surface area (Å²) in [5.74, 6) is 1.54. The molecule has 8 heteroatoms. The van der Waals surface area contributed by atoms with E-state index >= 15 is 0 Å². The summed E-state index contributed by atoms with van der Waals surface area (Å²) in [5, 5.41) is 0.705. The maximum Gasteiger partial charge on any atom is 0.256 e. The molecular weight excluding hydrogens is 444 g/mol. The lowest BCUT2D eigenvalue weighted by molar-refractivity contribution is 0.0698. The summed E-state index contributed by atoms with van der Waals surface area (Å²) in [7, 11) is 0. The summed E-state index contributed by atoms with van der Waals surface area (Å²) in [6.07, 6.45) is 7.71. The van der Waals surface area contributed by atoms with E-state index in [0.29, 0.717) is 41.7 Å². The Bertz CT molecular complexity index is 1220. The third kappa shape index (κ3) is 4.45. The minimum Gasteiger partial charge on any atom is -0.445 e. The number of carbonyl (C=O) groups excluding carboxylic acids is 1.